The summed E-state index contributed by atoms with van der Waals surface area (Å²) in [5.74, 6) is 1.31. The molecule has 2 rings (SSSR count). The van der Waals surface area contributed by atoms with Gasteiger partial charge in [0.2, 0.25) is 5.88 Å². The van der Waals surface area contributed by atoms with E-state index < -0.39 is 0 Å². The Morgan fingerprint density at radius 3 is 2.78 bits per heavy atom. The van der Waals surface area contributed by atoms with Gasteiger partial charge in [0.1, 0.15) is 0 Å². The zero-order valence-electron chi connectivity index (χ0n) is 9.89. The molecule has 0 unspecified atom stereocenters. The molecule has 18 heavy (non-hydrogen) atoms. The van der Waals surface area contributed by atoms with Crippen LogP contribution in [0.2, 0.25) is 5.02 Å². The summed E-state index contributed by atoms with van der Waals surface area (Å²) in [5, 5.41) is 0.669. The van der Waals surface area contributed by atoms with Crippen LogP contribution in [0.1, 0.15) is 5.69 Å². The summed E-state index contributed by atoms with van der Waals surface area (Å²) in [4.78, 5) is 5.23. The standard InChI is InChI=1S/C13H13ClN2OS/c1-17-12-7-2-4-9(16-12)8-18-13-10(14)5-3-6-11(13)15/h2-7H,8,15H2,1H3. The highest BCUT2D eigenvalue weighted by Crippen LogP contribution is 2.34. The molecule has 0 aliphatic rings. The molecule has 0 fully saturated rings. The fourth-order valence-corrected chi connectivity index (χ4v) is 2.71. The summed E-state index contributed by atoms with van der Waals surface area (Å²) in [6.45, 7) is 0. The number of aromatic nitrogens is 1. The van der Waals surface area contributed by atoms with E-state index in [2.05, 4.69) is 4.98 Å². The molecular formula is C13H13ClN2OS. The zero-order chi connectivity index (χ0) is 13.0. The van der Waals surface area contributed by atoms with Crippen molar-refractivity contribution in [1.29, 1.82) is 0 Å². The molecule has 2 aromatic rings. The predicted octanol–water partition coefficient (Wildman–Crippen LogP) is 3.62. The molecule has 94 valence electrons. The lowest BCUT2D eigenvalue weighted by Gasteiger charge is -2.07. The zero-order valence-corrected chi connectivity index (χ0v) is 11.5. The third kappa shape index (κ3) is 3.09. The van der Waals surface area contributed by atoms with Crippen LogP contribution in [0.3, 0.4) is 0 Å². The van der Waals surface area contributed by atoms with Crippen LogP contribution < -0.4 is 10.5 Å². The summed E-state index contributed by atoms with van der Waals surface area (Å²) < 4.78 is 5.08. The van der Waals surface area contributed by atoms with E-state index >= 15 is 0 Å². The van der Waals surface area contributed by atoms with Gasteiger partial charge < -0.3 is 10.5 Å². The summed E-state index contributed by atoms with van der Waals surface area (Å²) in [6.07, 6.45) is 0. The minimum Gasteiger partial charge on any atom is -0.481 e. The van der Waals surface area contributed by atoms with E-state index in [-0.39, 0.29) is 0 Å². The number of ether oxygens (including phenoxy) is 1. The predicted molar refractivity (Wildman–Crippen MR) is 76.2 cm³/mol. The molecule has 0 aliphatic heterocycles. The molecule has 0 spiro atoms. The van der Waals surface area contributed by atoms with Gasteiger partial charge in [0.25, 0.3) is 0 Å². The summed E-state index contributed by atoms with van der Waals surface area (Å²) in [7, 11) is 1.60. The highest BCUT2D eigenvalue weighted by Gasteiger charge is 2.06. The smallest absolute Gasteiger partial charge is 0.213 e. The number of nitrogen functional groups attached to an aromatic ring is 1. The molecule has 0 bridgehead atoms. The van der Waals surface area contributed by atoms with Crippen molar-refractivity contribution < 1.29 is 4.74 Å². The van der Waals surface area contributed by atoms with Gasteiger partial charge in [0, 0.05) is 22.4 Å². The van der Waals surface area contributed by atoms with Gasteiger partial charge in [-0.05, 0) is 18.2 Å². The van der Waals surface area contributed by atoms with Crippen LogP contribution in [0.15, 0.2) is 41.3 Å². The first-order chi connectivity index (χ1) is 8.70. The Bertz CT molecular complexity index is 528. The van der Waals surface area contributed by atoms with Crippen LogP contribution in [0.5, 0.6) is 5.88 Å². The molecule has 0 atom stereocenters. The number of hydrogen-bond acceptors (Lipinski definition) is 4. The highest BCUT2D eigenvalue weighted by molar-refractivity contribution is 7.98. The molecule has 5 heteroatoms. The molecule has 1 aromatic heterocycles. The third-order valence-corrected chi connectivity index (χ3v) is 3.96. The Hall–Kier alpha value is -1.39. The Morgan fingerprint density at radius 2 is 2.06 bits per heavy atom. The number of nitrogens with zero attached hydrogens (tertiary/aromatic N) is 1. The van der Waals surface area contributed by atoms with Crippen molar-refractivity contribution in [3.8, 4) is 5.88 Å². The molecule has 1 aromatic carbocycles. The number of hydrogen-bond donors (Lipinski definition) is 1. The fraction of sp³-hybridized carbons (Fsp3) is 0.154. The van der Waals surface area contributed by atoms with Crippen LogP contribution in [0, 0.1) is 0 Å². The normalized spacial score (nSPS) is 10.3. The lowest BCUT2D eigenvalue weighted by Crippen LogP contribution is -1.93. The number of methoxy groups -OCH3 is 1. The van der Waals surface area contributed by atoms with E-state index in [4.69, 9.17) is 22.1 Å². The first-order valence-electron chi connectivity index (χ1n) is 5.37. The van der Waals surface area contributed by atoms with Gasteiger partial charge in [0.05, 0.1) is 17.8 Å². The van der Waals surface area contributed by atoms with E-state index in [1.807, 2.05) is 36.4 Å². The number of benzene rings is 1. The van der Waals surface area contributed by atoms with Crippen molar-refractivity contribution >= 4 is 29.1 Å². The van der Waals surface area contributed by atoms with Gasteiger partial charge in [0.15, 0.2) is 0 Å². The van der Waals surface area contributed by atoms with Crippen LogP contribution in [0.25, 0.3) is 0 Å². The van der Waals surface area contributed by atoms with Crippen molar-refractivity contribution in [1.82, 2.24) is 4.98 Å². The van der Waals surface area contributed by atoms with E-state index in [0.29, 0.717) is 22.3 Å². The Morgan fingerprint density at radius 1 is 1.28 bits per heavy atom. The molecule has 1 heterocycles. The molecule has 0 saturated carbocycles. The SMILES string of the molecule is COc1cccc(CSc2c(N)cccc2Cl)n1. The lowest BCUT2D eigenvalue weighted by atomic mass is 10.3. The van der Waals surface area contributed by atoms with Crippen molar-refractivity contribution in [3.05, 3.63) is 47.1 Å². The number of pyridine rings is 1. The maximum absolute atomic E-state index is 6.11. The van der Waals surface area contributed by atoms with Gasteiger partial charge in [-0.3, -0.25) is 0 Å². The summed E-state index contributed by atoms with van der Waals surface area (Å²) in [6, 6.07) is 11.2. The second-order valence-electron chi connectivity index (χ2n) is 3.62. The number of thioether (sulfide) groups is 1. The first-order valence-corrected chi connectivity index (χ1v) is 6.74. The van der Waals surface area contributed by atoms with Crippen molar-refractivity contribution in [2.24, 2.45) is 0 Å². The Kier molecular flexibility index (Phi) is 4.33. The molecule has 0 radical (unpaired) electrons. The van der Waals surface area contributed by atoms with Gasteiger partial charge >= 0.3 is 0 Å². The van der Waals surface area contributed by atoms with Gasteiger partial charge in [-0.25, -0.2) is 4.98 Å². The van der Waals surface area contributed by atoms with E-state index in [9.17, 15) is 0 Å². The average Bonchev–Trinajstić information content (AvgIpc) is 2.38. The quantitative estimate of drug-likeness (QED) is 0.686. The van der Waals surface area contributed by atoms with E-state index in [0.717, 1.165) is 10.6 Å². The highest BCUT2D eigenvalue weighted by atomic mass is 35.5. The van der Waals surface area contributed by atoms with Crippen LogP contribution in [-0.4, -0.2) is 12.1 Å². The van der Waals surface area contributed by atoms with Crippen molar-refractivity contribution in [3.63, 3.8) is 0 Å². The van der Waals surface area contributed by atoms with E-state index in [1.165, 1.54) is 0 Å². The molecule has 2 N–H and O–H groups in total. The number of rotatable bonds is 4. The lowest BCUT2D eigenvalue weighted by molar-refractivity contribution is 0.397. The van der Waals surface area contributed by atoms with Crippen molar-refractivity contribution in [2.75, 3.05) is 12.8 Å². The Labute approximate surface area is 115 Å². The average molecular weight is 281 g/mol. The van der Waals surface area contributed by atoms with Gasteiger partial charge in [-0.15, -0.1) is 11.8 Å². The molecule has 0 amide bonds. The van der Waals surface area contributed by atoms with Crippen molar-refractivity contribution in [2.45, 2.75) is 10.6 Å². The molecule has 0 aliphatic carbocycles. The van der Waals surface area contributed by atoms with Crippen LogP contribution in [0.4, 0.5) is 5.69 Å². The Balaban J connectivity index is 2.11. The van der Waals surface area contributed by atoms with E-state index in [1.54, 1.807) is 18.9 Å². The van der Waals surface area contributed by atoms with Crippen LogP contribution >= 0.6 is 23.4 Å². The maximum Gasteiger partial charge on any atom is 0.213 e. The largest absolute Gasteiger partial charge is 0.481 e. The number of halogens is 1. The summed E-state index contributed by atoms with van der Waals surface area (Å²) in [5.41, 5.74) is 7.51. The minimum absolute atomic E-state index is 0.611. The molecule has 3 nitrogen and oxygen atoms in total. The first kappa shape index (κ1) is 13.1. The van der Waals surface area contributed by atoms with Gasteiger partial charge in [-0.2, -0.15) is 0 Å². The molecule has 0 saturated heterocycles. The topological polar surface area (TPSA) is 48.1 Å². The number of nitrogens with two attached hydrogens (primary N) is 1. The summed E-state index contributed by atoms with van der Waals surface area (Å²) >= 11 is 7.68. The fourth-order valence-electron chi connectivity index (χ4n) is 1.48. The third-order valence-electron chi connectivity index (χ3n) is 2.35. The number of anilines is 1. The monoisotopic (exact) mass is 280 g/mol. The van der Waals surface area contributed by atoms with Crippen LogP contribution in [-0.2, 0) is 5.75 Å². The molecular weight excluding hydrogens is 268 g/mol. The second-order valence-corrected chi connectivity index (χ2v) is 5.01. The second kappa shape index (κ2) is 5.98. The minimum atomic E-state index is 0.611. The van der Waals surface area contributed by atoms with Gasteiger partial charge in [-0.1, -0.05) is 23.7 Å². The maximum atomic E-state index is 6.11.